The third kappa shape index (κ3) is 1.21. The van der Waals surface area contributed by atoms with E-state index >= 15 is 0 Å². The van der Waals surface area contributed by atoms with E-state index in [1.165, 1.54) is 0 Å². The van der Waals surface area contributed by atoms with Gasteiger partial charge in [0.1, 0.15) is 0 Å². The lowest BCUT2D eigenvalue weighted by molar-refractivity contribution is -0.0241. The lowest BCUT2D eigenvalue weighted by Gasteiger charge is -2.28. The molecule has 0 aromatic carbocycles. The molecule has 1 N–H and O–H groups in total. The van der Waals surface area contributed by atoms with E-state index in [9.17, 15) is 4.79 Å². The Morgan fingerprint density at radius 3 is 2.85 bits per heavy atom. The number of aromatic nitrogens is 2. The first-order chi connectivity index (χ1) is 6.20. The first kappa shape index (κ1) is 8.25. The van der Waals surface area contributed by atoms with Crippen molar-refractivity contribution in [3.05, 3.63) is 17.7 Å². The van der Waals surface area contributed by atoms with Crippen molar-refractivity contribution in [2.75, 3.05) is 13.2 Å². The molecule has 1 fully saturated rings. The maximum atomic E-state index is 10.7. The van der Waals surface area contributed by atoms with Gasteiger partial charge in [-0.05, 0) is 6.92 Å². The van der Waals surface area contributed by atoms with Gasteiger partial charge in [0.2, 0.25) is 0 Å². The highest BCUT2D eigenvalue weighted by molar-refractivity contribution is 5.86. The minimum atomic E-state index is -0.975. The number of aromatic carboxylic acids is 1. The molecule has 1 aromatic rings. The Morgan fingerprint density at radius 1 is 1.77 bits per heavy atom. The standard InChI is InChI=1S/C8H10N2O3/c1-5-7(8(11)12)9-4-10(5)6-2-13-3-6/h4,6H,2-3H2,1H3,(H,11,12). The van der Waals surface area contributed by atoms with Gasteiger partial charge in [-0.2, -0.15) is 0 Å². The van der Waals surface area contributed by atoms with Gasteiger partial charge in [-0.1, -0.05) is 0 Å². The lowest BCUT2D eigenvalue weighted by atomic mass is 10.2. The van der Waals surface area contributed by atoms with E-state index < -0.39 is 5.97 Å². The van der Waals surface area contributed by atoms with E-state index in [0.29, 0.717) is 18.9 Å². The molecule has 1 aliphatic rings. The minimum absolute atomic E-state index is 0.131. The van der Waals surface area contributed by atoms with Gasteiger partial charge in [0, 0.05) is 5.69 Å². The van der Waals surface area contributed by atoms with Crippen molar-refractivity contribution in [1.82, 2.24) is 9.55 Å². The highest BCUT2D eigenvalue weighted by Crippen LogP contribution is 2.20. The number of carbonyl (C=O) groups is 1. The highest BCUT2D eigenvalue weighted by atomic mass is 16.5. The van der Waals surface area contributed by atoms with Crippen LogP contribution in [0.4, 0.5) is 0 Å². The zero-order chi connectivity index (χ0) is 9.42. The first-order valence-corrected chi connectivity index (χ1v) is 4.04. The van der Waals surface area contributed by atoms with Crippen LogP contribution in [0.15, 0.2) is 6.33 Å². The first-order valence-electron chi connectivity index (χ1n) is 4.04. The fourth-order valence-corrected chi connectivity index (χ4v) is 1.38. The van der Waals surface area contributed by atoms with E-state index in [4.69, 9.17) is 9.84 Å². The molecule has 70 valence electrons. The average Bonchev–Trinajstić information content (AvgIpc) is 2.29. The van der Waals surface area contributed by atoms with E-state index in [-0.39, 0.29) is 11.7 Å². The summed E-state index contributed by atoms with van der Waals surface area (Å²) >= 11 is 0. The van der Waals surface area contributed by atoms with Crippen molar-refractivity contribution < 1.29 is 14.6 Å². The van der Waals surface area contributed by atoms with Crippen LogP contribution in [-0.2, 0) is 4.74 Å². The third-order valence-corrected chi connectivity index (χ3v) is 2.26. The minimum Gasteiger partial charge on any atom is -0.476 e. The van der Waals surface area contributed by atoms with Gasteiger partial charge >= 0.3 is 5.97 Å². The van der Waals surface area contributed by atoms with Gasteiger partial charge in [-0.25, -0.2) is 9.78 Å². The normalized spacial score (nSPS) is 17.0. The summed E-state index contributed by atoms with van der Waals surface area (Å²) in [5.41, 5.74) is 0.827. The maximum Gasteiger partial charge on any atom is 0.356 e. The van der Waals surface area contributed by atoms with Crippen LogP contribution in [-0.4, -0.2) is 33.8 Å². The molecule has 1 aromatic heterocycles. The molecule has 2 heterocycles. The summed E-state index contributed by atoms with van der Waals surface area (Å²) in [6.07, 6.45) is 1.56. The molecule has 0 aliphatic carbocycles. The number of imidazole rings is 1. The Kier molecular flexibility index (Phi) is 1.81. The van der Waals surface area contributed by atoms with Crippen molar-refractivity contribution in [1.29, 1.82) is 0 Å². The van der Waals surface area contributed by atoms with Gasteiger partial charge in [-0.3, -0.25) is 0 Å². The molecule has 0 bridgehead atoms. The van der Waals surface area contributed by atoms with Crippen LogP contribution in [0, 0.1) is 6.92 Å². The van der Waals surface area contributed by atoms with Gasteiger partial charge < -0.3 is 14.4 Å². The number of nitrogens with zero attached hydrogens (tertiary/aromatic N) is 2. The van der Waals surface area contributed by atoms with E-state index in [2.05, 4.69) is 4.98 Å². The molecule has 13 heavy (non-hydrogen) atoms. The SMILES string of the molecule is Cc1c(C(=O)O)ncn1C1COC1. The molecule has 1 saturated heterocycles. The fourth-order valence-electron chi connectivity index (χ4n) is 1.38. The van der Waals surface area contributed by atoms with Crippen molar-refractivity contribution in [3.63, 3.8) is 0 Å². The molecular weight excluding hydrogens is 172 g/mol. The van der Waals surface area contributed by atoms with Gasteiger partial charge in [0.05, 0.1) is 25.6 Å². The molecule has 0 spiro atoms. The van der Waals surface area contributed by atoms with Crippen molar-refractivity contribution in [2.24, 2.45) is 0 Å². The van der Waals surface area contributed by atoms with Crippen LogP contribution in [0.25, 0.3) is 0 Å². The van der Waals surface area contributed by atoms with Crippen LogP contribution < -0.4 is 0 Å². The third-order valence-electron chi connectivity index (χ3n) is 2.26. The molecular formula is C8H10N2O3. The molecule has 0 atom stereocenters. The molecule has 0 saturated carbocycles. The monoisotopic (exact) mass is 182 g/mol. The van der Waals surface area contributed by atoms with Crippen LogP contribution >= 0.6 is 0 Å². The maximum absolute atomic E-state index is 10.7. The van der Waals surface area contributed by atoms with Gasteiger partial charge in [0.15, 0.2) is 5.69 Å². The summed E-state index contributed by atoms with van der Waals surface area (Å²) in [6.45, 7) is 3.06. The Bertz CT molecular complexity index is 341. The quantitative estimate of drug-likeness (QED) is 0.721. The van der Waals surface area contributed by atoms with Gasteiger partial charge in [-0.15, -0.1) is 0 Å². The number of carboxylic acids is 1. The Labute approximate surface area is 75.0 Å². The number of hydrogen-bond donors (Lipinski definition) is 1. The number of hydrogen-bond acceptors (Lipinski definition) is 3. The van der Waals surface area contributed by atoms with Crippen LogP contribution in [0.2, 0.25) is 0 Å². The summed E-state index contributed by atoms with van der Waals surface area (Å²) in [5.74, 6) is -0.975. The van der Waals surface area contributed by atoms with Crippen molar-refractivity contribution >= 4 is 5.97 Å². The largest absolute Gasteiger partial charge is 0.476 e. The second kappa shape index (κ2) is 2.85. The second-order valence-electron chi connectivity index (χ2n) is 3.08. The summed E-state index contributed by atoms with van der Waals surface area (Å²) in [4.78, 5) is 14.5. The Hall–Kier alpha value is -1.36. The van der Waals surface area contributed by atoms with Gasteiger partial charge in [0.25, 0.3) is 0 Å². The molecule has 5 heteroatoms. The second-order valence-corrected chi connectivity index (χ2v) is 3.08. The Balaban J connectivity index is 2.32. The van der Waals surface area contributed by atoms with Crippen molar-refractivity contribution in [2.45, 2.75) is 13.0 Å². The van der Waals surface area contributed by atoms with Crippen molar-refractivity contribution in [3.8, 4) is 0 Å². The molecule has 0 amide bonds. The molecule has 0 unspecified atom stereocenters. The zero-order valence-corrected chi connectivity index (χ0v) is 7.23. The summed E-state index contributed by atoms with van der Waals surface area (Å²) in [7, 11) is 0. The number of ether oxygens (including phenoxy) is 1. The molecule has 5 nitrogen and oxygen atoms in total. The fraction of sp³-hybridized carbons (Fsp3) is 0.500. The summed E-state index contributed by atoms with van der Waals surface area (Å²) in [5, 5.41) is 8.74. The molecule has 1 aliphatic heterocycles. The summed E-state index contributed by atoms with van der Waals surface area (Å²) < 4.78 is 6.87. The zero-order valence-electron chi connectivity index (χ0n) is 7.23. The number of rotatable bonds is 2. The summed E-state index contributed by atoms with van der Waals surface area (Å²) in [6, 6.07) is 0.264. The van der Waals surface area contributed by atoms with E-state index in [0.717, 1.165) is 0 Å². The highest BCUT2D eigenvalue weighted by Gasteiger charge is 2.24. The topological polar surface area (TPSA) is 64.3 Å². The van der Waals surface area contributed by atoms with E-state index in [1.807, 2.05) is 4.57 Å². The lowest BCUT2D eigenvalue weighted by Crippen LogP contribution is -2.30. The van der Waals surface area contributed by atoms with Crippen LogP contribution in [0.5, 0.6) is 0 Å². The smallest absolute Gasteiger partial charge is 0.356 e. The number of carboxylic acid groups (broad SMARTS) is 1. The molecule has 2 rings (SSSR count). The van der Waals surface area contributed by atoms with E-state index in [1.54, 1.807) is 13.3 Å². The Morgan fingerprint density at radius 2 is 2.46 bits per heavy atom. The predicted molar refractivity (Wildman–Crippen MR) is 43.8 cm³/mol. The van der Waals surface area contributed by atoms with Crippen LogP contribution in [0.1, 0.15) is 22.2 Å². The average molecular weight is 182 g/mol. The molecule has 0 radical (unpaired) electrons. The van der Waals surface area contributed by atoms with Crippen LogP contribution in [0.3, 0.4) is 0 Å². The predicted octanol–water partition coefficient (Wildman–Crippen LogP) is 0.461.